The molecular formula is C84H50N6. The zero-order chi connectivity index (χ0) is 59.2. The van der Waals surface area contributed by atoms with Crippen LogP contribution in [0.15, 0.2) is 304 Å². The first-order chi connectivity index (χ1) is 44.5. The van der Waals surface area contributed by atoms with Crippen molar-refractivity contribution < 1.29 is 0 Å². The highest BCUT2D eigenvalue weighted by Gasteiger charge is 2.16. The van der Waals surface area contributed by atoms with E-state index in [0.717, 1.165) is 106 Å². The third-order valence-corrected chi connectivity index (χ3v) is 18.1. The smallest absolute Gasteiger partial charge is 0.0893 e. The highest BCUT2D eigenvalue weighted by molar-refractivity contribution is 6.27. The SMILES string of the molecule is c1ccc(-c2ccc3cc(-c4ccc5nc(-c6ccc(-c7ccc8ccc9cccc%10ccc7c8c9%10)cc6)ccc5c4)ccc3n2)nc1.c1ccc(-c2ccc3cc(-c4ccc5nc(-c6ccc7ccc8cccc9ccc6c7c89)ccc5c4)ccc3n2)nc1. The van der Waals surface area contributed by atoms with E-state index in [9.17, 15) is 0 Å². The summed E-state index contributed by atoms with van der Waals surface area (Å²) < 4.78 is 0. The van der Waals surface area contributed by atoms with Crippen LogP contribution < -0.4 is 0 Å². The molecule has 0 spiro atoms. The first-order valence-corrected chi connectivity index (χ1v) is 30.4. The molecule has 6 aromatic heterocycles. The van der Waals surface area contributed by atoms with Crippen LogP contribution in [-0.4, -0.2) is 29.9 Å². The monoisotopic (exact) mass is 1140 g/mol. The standard InChI is InChI=1S/C45H27N3.C39H23N3/c1-2-25-46-42(6-1)43-24-18-36-27-34(16-22-41(36)48-43)33-15-21-40-35(26-33)17-23-39(47-40)29-9-7-28(8-10-29)37-19-13-32-12-11-30-4-3-5-31-14-20-38(37)45(32)44(30)31;1-2-21-40-36(6-1)37-20-14-30-23-28(12-18-34(30)42-37)27-11-17-33-29(22-27)13-19-35(41-33)31-15-9-26-8-7-24-4-3-5-25-10-16-32(31)39(26)38(24)25/h1-27H;1-23H. The van der Waals surface area contributed by atoms with Crippen LogP contribution in [0.4, 0.5) is 0 Å². The zero-order valence-electron chi connectivity index (χ0n) is 48.6. The Hall–Kier alpha value is -12.1. The lowest BCUT2D eigenvalue weighted by molar-refractivity contribution is 1.28. The van der Waals surface area contributed by atoms with E-state index in [-0.39, 0.29) is 0 Å². The summed E-state index contributed by atoms with van der Waals surface area (Å²) in [5.74, 6) is 0. The van der Waals surface area contributed by atoms with Gasteiger partial charge in [0.2, 0.25) is 0 Å². The van der Waals surface area contributed by atoms with Crippen molar-refractivity contribution in [3.05, 3.63) is 304 Å². The molecule has 0 unspecified atom stereocenters. The fourth-order valence-corrected chi connectivity index (χ4v) is 13.6. The fourth-order valence-electron chi connectivity index (χ4n) is 13.6. The van der Waals surface area contributed by atoms with Crippen LogP contribution >= 0.6 is 0 Å². The van der Waals surface area contributed by atoms with Gasteiger partial charge in [0.1, 0.15) is 0 Å². The fraction of sp³-hybridized carbons (Fsp3) is 0. The Morgan fingerprint density at radius 1 is 0.178 bits per heavy atom. The van der Waals surface area contributed by atoms with Crippen LogP contribution in [0.3, 0.4) is 0 Å². The number of pyridine rings is 6. The molecule has 6 heteroatoms. The van der Waals surface area contributed by atoms with E-state index < -0.39 is 0 Å². The van der Waals surface area contributed by atoms with Gasteiger partial charge in [0.05, 0.1) is 56.2 Å². The van der Waals surface area contributed by atoms with Gasteiger partial charge in [-0.3, -0.25) is 9.97 Å². The largest absolute Gasteiger partial charge is 0.255 e. The van der Waals surface area contributed by atoms with Crippen LogP contribution in [0.5, 0.6) is 0 Å². The van der Waals surface area contributed by atoms with Crippen molar-refractivity contribution in [1.82, 2.24) is 29.9 Å². The van der Waals surface area contributed by atoms with Gasteiger partial charge >= 0.3 is 0 Å². The quantitative estimate of drug-likeness (QED) is 0.148. The van der Waals surface area contributed by atoms with Gasteiger partial charge in [-0.1, -0.05) is 194 Å². The lowest BCUT2D eigenvalue weighted by atomic mass is 9.89. The Labute approximate surface area is 517 Å². The predicted octanol–water partition coefficient (Wildman–Crippen LogP) is 21.8. The lowest BCUT2D eigenvalue weighted by Crippen LogP contribution is -1.90. The van der Waals surface area contributed by atoms with E-state index in [4.69, 9.17) is 19.9 Å². The van der Waals surface area contributed by atoms with E-state index >= 15 is 0 Å². The molecule has 0 N–H and O–H groups in total. The average molecular weight is 1140 g/mol. The highest BCUT2D eigenvalue weighted by atomic mass is 14.8. The van der Waals surface area contributed by atoms with Crippen LogP contribution in [0.2, 0.25) is 0 Å². The molecule has 0 saturated heterocycles. The minimum atomic E-state index is 0.879. The van der Waals surface area contributed by atoms with Crippen LogP contribution in [0, 0.1) is 0 Å². The Kier molecular flexibility index (Phi) is 11.8. The highest BCUT2D eigenvalue weighted by Crippen LogP contribution is 2.42. The normalized spacial score (nSPS) is 11.8. The second-order valence-electron chi connectivity index (χ2n) is 23.4. The minimum Gasteiger partial charge on any atom is -0.255 e. The second kappa shape index (κ2) is 20.8. The predicted molar refractivity (Wildman–Crippen MR) is 375 cm³/mol. The number of nitrogens with zero attached hydrogens (tertiary/aromatic N) is 6. The van der Waals surface area contributed by atoms with E-state index in [2.05, 4.69) is 253 Å². The molecule has 0 aliphatic heterocycles. The third-order valence-electron chi connectivity index (χ3n) is 18.1. The van der Waals surface area contributed by atoms with Gasteiger partial charge < -0.3 is 0 Å². The third kappa shape index (κ3) is 8.80. The van der Waals surface area contributed by atoms with Crippen LogP contribution in [0.25, 0.3) is 187 Å². The van der Waals surface area contributed by atoms with E-state index in [1.54, 1.807) is 12.4 Å². The summed E-state index contributed by atoms with van der Waals surface area (Å²) in [6.07, 6.45) is 3.60. The summed E-state index contributed by atoms with van der Waals surface area (Å²) in [5, 5.41) is 20.0. The summed E-state index contributed by atoms with van der Waals surface area (Å²) in [6, 6.07) is 104. The van der Waals surface area contributed by atoms with Gasteiger partial charge in [0.15, 0.2) is 0 Å². The number of benzene rings is 13. The Balaban J connectivity index is 0.000000135. The molecule has 0 aliphatic carbocycles. The number of hydrogen-bond donors (Lipinski definition) is 0. The van der Waals surface area contributed by atoms with E-state index in [1.165, 1.54) is 81.3 Å². The molecule has 0 saturated carbocycles. The van der Waals surface area contributed by atoms with Crippen molar-refractivity contribution in [2.75, 3.05) is 0 Å². The number of aromatic nitrogens is 6. The van der Waals surface area contributed by atoms with E-state index in [0.29, 0.717) is 0 Å². The van der Waals surface area contributed by atoms with Gasteiger partial charge in [0.25, 0.3) is 0 Å². The van der Waals surface area contributed by atoms with Gasteiger partial charge in [-0.25, -0.2) is 19.9 Å². The first-order valence-electron chi connectivity index (χ1n) is 30.4. The molecule has 0 fully saturated rings. The molecule has 6 nitrogen and oxygen atoms in total. The van der Waals surface area contributed by atoms with Crippen molar-refractivity contribution in [3.8, 4) is 78.7 Å². The summed E-state index contributed by atoms with van der Waals surface area (Å²) in [7, 11) is 0. The maximum absolute atomic E-state index is 5.14. The number of hydrogen-bond acceptors (Lipinski definition) is 6. The summed E-state index contributed by atoms with van der Waals surface area (Å²) in [6.45, 7) is 0. The Morgan fingerprint density at radius 2 is 0.511 bits per heavy atom. The maximum Gasteiger partial charge on any atom is 0.0893 e. The molecule has 6 heterocycles. The van der Waals surface area contributed by atoms with Crippen molar-refractivity contribution >= 4 is 108 Å². The minimum absolute atomic E-state index is 0.879. The number of fused-ring (bicyclic) bond motifs is 4. The zero-order valence-corrected chi connectivity index (χ0v) is 48.6. The van der Waals surface area contributed by atoms with E-state index in [1.807, 2.05) is 48.5 Å². The van der Waals surface area contributed by atoms with Gasteiger partial charge in [-0.2, -0.15) is 0 Å². The molecule has 0 bridgehead atoms. The second-order valence-corrected chi connectivity index (χ2v) is 23.4. The molecule has 0 atom stereocenters. The lowest BCUT2D eigenvalue weighted by Gasteiger charge is -2.14. The van der Waals surface area contributed by atoms with Crippen molar-refractivity contribution in [3.63, 3.8) is 0 Å². The Morgan fingerprint density at radius 3 is 0.956 bits per heavy atom. The Bertz CT molecular complexity index is 5990. The first kappa shape index (κ1) is 51.1. The summed E-state index contributed by atoms with van der Waals surface area (Å²) in [5.41, 5.74) is 18.7. The van der Waals surface area contributed by atoms with Gasteiger partial charge in [0, 0.05) is 45.1 Å². The molecule has 19 aromatic rings. The summed E-state index contributed by atoms with van der Waals surface area (Å²) >= 11 is 0. The molecule has 0 amide bonds. The summed E-state index contributed by atoms with van der Waals surface area (Å²) in [4.78, 5) is 28.8. The molecule has 0 aliphatic rings. The van der Waals surface area contributed by atoms with Crippen molar-refractivity contribution in [2.24, 2.45) is 0 Å². The van der Waals surface area contributed by atoms with Gasteiger partial charge in [-0.15, -0.1) is 0 Å². The van der Waals surface area contributed by atoms with Gasteiger partial charge in [-0.05, 0) is 195 Å². The molecule has 19 rings (SSSR count). The van der Waals surface area contributed by atoms with Crippen LogP contribution in [-0.2, 0) is 0 Å². The maximum atomic E-state index is 5.14. The average Bonchev–Trinajstić information content (AvgIpc) is 0.800. The molecular weight excluding hydrogens is 1090 g/mol. The molecule has 416 valence electrons. The van der Waals surface area contributed by atoms with Crippen LogP contribution in [0.1, 0.15) is 0 Å². The molecule has 90 heavy (non-hydrogen) atoms. The molecule has 13 aromatic carbocycles. The van der Waals surface area contributed by atoms with Crippen molar-refractivity contribution in [1.29, 1.82) is 0 Å². The topological polar surface area (TPSA) is 77.3 Å². The van der Waals surface area contributed by atoms with Crippen molar-refractivity contribution in [2.45, 2.75) is 0 Å². The molecule has 0 radical (unpaired) electrons. The number of rotatable bonds is 7.